The summed E-state index contributed by atoms with van der Waals surface area (Å²) in [4.78, 5) is 73.3. The number of nitrogens with zero attached hydrogens (tertiary/aromatic N) is 10. The lowest BCUT2D eigenvalue weighted by molar-refractivity contribution is 0.00578. The summed E-state index contributed by atoms with van der Waals surface area (Å²) in [6.45, 7) is 16.6. The first kappa shape index (κ1) is 56.8. The zero-order valence-corrected chi connectivity index (χ0v) is 47.0. The smallest absolute Gasteiger partial charge is 0.399 e. The molecule has 25 heteroatoms. The Morgan fingerprint density at radius 2 is 0.940 bits per heavy atom. The molecule has 0 amide bonds. The van der Waals surface area contributed by atoms with Crippen LogP contribution in [0.25, 0.3) is 72.6 Å². The zero-order chi connectivity index (χ0) is 58.5. The minimum absolute atomic E-state index is 0.0869. The molecule has 6 N–H and O–H groups in total. The Bertz CT molecular complexity index is 4490. The number of aromatic amines is 3. The van der Waals surface area contributed by atoms with Crippen molar-refractivity contribution >= 4 is 79.9 Å². The molecule has 0 spiro atoms. The summed E-state index contributed by atoms with van der Waals surface area (Å²) in [5, 5.41) is 12.9. The van der Waals surface area contributed by atoms with E-state index in [2.05, 4.69) is 99.5 Å². The third-order valence-corrected chi connectivity index (χ3v) is 14.8. The standard InChI is InChI=1S/C19H18N6O.C15H9FN4O.C13H17BN2O2.C8H4ClFN2O.C4H10N2/c26-18-10-16(14-9-13-3-4-21-19(13)22-11-14)23-17-2-1-15(12-25(17)18)24-7-5-20-6-8-24;16-11-1-2-13-19-12(6-14(21)20(13)8-11)10-5-9-3-4-17-15(9)18-7-10;1-12(2)13(3,4)18-14(17-12)10-7-9-5-6-15-11(9)16-8-10;9-6-3-8(13)12-4-5(10)1-2-7(12)11-6;1-2-6-4-3-5-1/h1-4,9-12,20H,5-8H2,(H,21,22);1-8H,(H,17,18);5-8H,1-4H3,(H,15,16);1-4H;5-6H,1-4H2. The van der Waals surface area contributed by atoms with Crippen molar-refractivity contribution in [2.45, 2.75) is 38.9 Å². The molecule has 3 fully saturated rings. The van der Waals surface area contributed by atoms with Gasteiger partial charge in [-0.2, -0.15) is 0 Å². The SMILES string of the molecule is C1CNCCN1.CC1(C)OB(c2cnc3[nH]ccc3c2)OC1(C)C.O=c1cc(-c2cnc3[nH]ccc3c2)nc2ccc(F)cn12.O=c1cc(-c2cnc3[nH]ccc3c2)nc2ccc(N3CCNCC3)cn12.O=c1cc(Cl)nc2ccc(F)cn12. The topological polar surface area (TPSA) is 247 Å². The number of halogens is 3. The molecule has 3 aliphatic heterocycles. The number of H-pyrrole nitrogens is 3. The van der Waals surface area contributed by atoms with Gasteiger partial charge in [0.1, 0.15) is 50.7 Å². The Morgan fingerprint density at radius 1 is 0.512 bits per heavy atom. The van der Waals surface area contributed by atoms with Crippen molar-refractivity contribution in [1.82, 2.24) is 74.0 Å². The third-order valence-electron chi connectivity index (χ3n) is 14.6. The highest BCUT2D eigenvalue weighted by atomic mass is 35.5. The lowest BCUT2D eigenvalue weighted by Crippen LogP contribution is -2.43. The first-order chi connectivity index (χ1) is 40.5. The van der Waals surface area contributed by atoms with Gasteiger partial charge in [0.25, 0.3) is 16.7 Å². The lowest BCUT2D eigenvalue weighted by Gasteiger charge is -2.32. The van der Waals surface area contributed by atoms with Crippen molar-refractivity contribution in [2.75, 3.05) is 57.3 Å². The number of hydrogen-bond acceptors (Lipinski definition) is 15. The molecule has 0 atom stereocenters. The normalized spacial score (nSPS) is 15.5. The second-order valence-corrected chi connectivity index (χ2v) is 21.3. The Labute approximate surface area is 483 Å². The molecule has 12 aromatic heterocycles. The fourth-order valence-electron chi connectivity index (χ4n) is 9.45. The predicted octanol–water partition coefficient (Wildman–Crippen LogP) is 6.55. The van der Waals surface area contributed by atoms with Gasteiger partial charge in [0.2, 0.25) is 0 Å². The number of nitrogens with one attached hydrogen (secondary N) is 6. The highest BCUT2D eigenvalue weighted by molar-refractivity contribution is 6.62. The Balaban J connectivity index is 0.000000116. The van der Waals surface area contributed by atoms with Crippen LogP contribution in [0.5, 0.6) is 0 Å². The van der Waals surface area contributed by atoms with Crippen LogP contribution in [0.1, 0.15) is 27.7 Å². The van der Waals surface area contributed by atoms with Gasteiger partial charge in [0.05, 0.1) is 28.3 Å². The van der Waals surface area contributed by atoms with Crippen LogP contribution in [0.2, 0.25) is 5.15 Å². The van der Waals surface area contributed by atoms with Gasteiger partial charge in [-0.1, -0.05) is 11.6 Å². The van der Waals surface area contributed by atoms with Crippen LogP contribution in [0, 0.1) is 11.6 Å². The molecule has 0 aromatic carbocycles. The number of anilines is 1. The van der Waals surface area contributed by atoms with Crippen LogP contribution in [0.4, 0.5) is 14.5 Å². The molecule has 12 aromatic rings. The quantitative estimate of drug-likeness (QED) is 0.0808. The number of rotatable bonds is 4. The van der Waals surface area contributed by atoms with E-state index in [9.17, 15) is 23.2 Å². The summed E-state index contributed by atoms with van der Waals surface area (Å²) < 4.78 is 41.8. The summed E-state index contributed by atoms with van der Waals surface area (Å²) in [5.74, 6) is -0.965. The maximum absolute atomic E-state index is 13.2. The monoisotopic (exact) mass is 1150 g/mol. The van der Waals surface area contributed by atoms with Crippen molar-refractivity contribution in [1.29, 1.82) is 0 Å². The lowest BCUT2D eigenvalue weighted by atomic mass is 9.80. The molecular formula is C59H58BClF2N16O5. The van der Waals surface area contributed by atoms with Crippen LogP contribution < -0.4 is 43.0 Å². The Kier molecular flexibility index (Phi) is 16.5. The molecule has 428 valence electrons. The minimum Gasteiger partial charge on any atom is -0.399 e. The molecule has 0 radical (unpaired) electrons. The van der Waals surface area contributed by atoms with Gasteiger partial charge < -0.3 is 45.1 Å². The van der Waals surface area contributed by atoms with Gasteiger partial charge in [0, 0.05) is 159 Å². The van der Waals surface area contributed by atoms with E-state index in [1.54, 1.807) is 35.3 Å². The molecule has 3 saturated heterocycles. The van der Waals surface area contributed by atoms with Gasteiger partial charge in [-0.05, 0) is 100 Å². The summed E-state index contributed by atoms with van der Waals surface area (Å²) in [6.07, 6.45) is 14.8. The minimum atomic E-state index is -0.487. The van der Waals surface area contributed by atoms with Gasteiger partial charge in [0.15, 0.2) is 0 Å². The van der Waals surface area contributed by atoms with Crippen molar-refractivity contribution in [2.24, 2.45) is 0 Å². The number of aromatic nitrogens is 12. The van der Waals surface area contributed by atoms with E-state index in [0.29, 0.717) is 28.3 Å². The number of hydrogen-bond donors (Lipinski definition) is 6. The molecule has 3 aliphatic rings. The Hall–Kier alpha value is -9.04. The predicted molar refractivity (Wildman–Crippen MR) is 322 cm³/mol. The maximum Gasteiger partial charge on any atom is 0.496 e. The van der Waals surface area contributed by atoms with Crippen LogP contribution in [-0.2, 0) is 9.31 Å². The molecule has 0 aliphatic carbocycles. The molecule has 15 heterocycles. The van der Waals surface area contributed by atoms with Crippen LogP contribution in [0.15, 0.2) is 161 Å². The van der Waals surface area contributed by atoms with E-state index in [-0.39, 0.29) is 34.6 Å². The highest BCUT2D eigenvalue weighted by Gasteiger charge is 2.51. The summed E-state index contributed by atoms with van der Waals surface area (Å²) >= 11 is 5.55. The fraction of sp³-hybridized carbons (Fsp3) is 0.237. The zero-order valence-electron chi connectivity index (χ0n) is 46.2. The molecule has 84 heavy (non-hydrogen) atoms. The van der Waals surface area contributed by atoms with Crippen molar-refractivity contribution in [3.05, 3.63) is 195 Å². The average Bonchev–Trinajstić information content (AvgIpc) is 4.48. The average molecular weight is 1160 g/mol. The van der Waals surface area contributed by atoms with E-state index >= 15 is 0 Å². The Morgan fingerprint density at radius 3 is 1.44 bits per heavy atom. The molecular weight excluding hydrogens is 1100 g/mol. The third kappa shape index (κ3) is 12.8. The van der Waals surface area contributed by atoms with Crippen LogP contribution >= 0.6 is 11.6 Å². The largest absolute Gasteiger partial charge is 0.496 e. The van der Waals surface area contributed by atoms with E-state index in [1.807, 2.05) is 61.1 Å². The number of fused-ring (bicyclic) bond motifs is 6. The second kappa shape index (κ2) is 24.4. The number of piperazine rings is 2. The molecule has 15 rings (SSSR count). The summed E-state index contributed by atoms with van der Waals surface area (Å²) in [7, 11) is -0.346. The number of pyridine rings is 6. The molecule has 0 bridgehead atoms. The van der Waals surface area contributed by atoms with Gasteiger partial charge >= 0.3 is 7.12 Å². The van der Waals surface area contributed by atoms with E-state index in [0.717, 1.165) is 131 Å². The van der Waals surface area contributed by atoms with E-state index in [4.69, 9.17) is 20.9 Å². The van der Waals surface area contributed by atoms with Gasteiger partial charge in [-0.3, -0.25) is 27.6 Å². The van der Waals surface area contributed by atoms with E-state index < -0.39 is 17.2 Å². The first-order valence-corrected chi connectivity index (χ1v) is 27.5. The molecule has 21 nitrogen and oxygen atoms in total. The van der Waals surface area contributed by atoms with Crippen molar-refractivity contribution in [3.63, 3.8) is 0 Å². The van der Waals surface area contributed by atoms with Gasteiger partial charge in [-0.25, -0.2) is 38.7 Å². The second-order valence-electron chi connectivity index (χ2n) is 20.9. The van der Waals surface area contributed by atoms with Crippen molar-refractivity contribution < 1.29 is 18.1 Å². The molecule has 0 saturated carbocycles. The molecule has 0 unspecified atom stereocenters. The maximum atomic E-state index is 13.2. The highest BCUT2D eigenvalue weighted by Crippen LogP contribution is 2.36. The van der Waals surface area contributed by atoms with Crippen molar-refractivity contribution in [3.8, 4) is 22.5 Å². The van der Waals surface area contributed by atoms with Crippen LogP contribution in [0.3, 0.4) is 0 Å². The fourth-order valence-corrected chi connectivity index (χ4v) is 9.63. The first-order valence-electron chi connectivity index (χ1n) is 27.1. The van der Waals surface area contributed by atoms with E-state index in [1.165, 1.54) is 34.7 Å². The van der Waals surface area contributed by atoms with Gasteiger partial charge in [-0.15, -0.1) is 0 Å². The summed E-state index contributed by atoms with van der Waals surface area (Å²) in [6, 6.07) is 25.2. The van der Waals surface area contributed by atoms with Crippen LogP contribution in [-0.4, -0.2) is 129 Å². The summed E-state index contributed by atoms with van der Waals surface area (Å²) in [5.41, 5.74) is 7.15.